The van der Waals surface area contributed by atoms with E-state index in [1.54, 1.807) is 24.3 Å². The molecule has 0 radical (unpaired) electrons. The van der Waals surface area contributed by atoms with E-state index in [0.717, 1.165) is 17.5 Å². The molecule has 6 nitrogen and oxygen atoms in total. The highest BCUT2D eigenvalue weighted by molar-refractivity contribution is 8.15. The van der Waals surface area contributed by atoms with Crippen molar-refractivity contribution in [3.63, 3.8) is 0 Å². The third kappa shape index (κ3) is 3.74. The van der Waals surface area contributed by atoms with Crippen LogP contribution in [0.2, 0.25) is 0 Å². The lowest BCUT2D eigenvalue weighted by molar-refractivity contribution is -0.121. The molecular weight excluding hydrogens is 278 g/mol. The number of aliphatic imine (C=N–C) groups is 1. The second kappa shape index (κ2) is 6.42. The lowest BCUT2D eigenvalue weighted by Gasteiger charge is -2.17. The van der Waals surface area contributed by atoms with Crippen LogP contribution >= 0.6 is 11.8 Å². The number of benzene rings is 1. The van der Waals surface area contributed by atoms with Gasteiger partial charge in [-0.05, 0) is 31.2 Å². The lowest BCUT2D eigenvalue weighted by Crippen LogP contribution is -2.33. The highest BCUT2D eigenvalue weighted by Gasteiger charge is 2.27. The minimum absolute atomic E-state index is 0.0637. The SMILES string of the molecule is CCOc1ccc(NC(=O)[C@@H]2CC(=O)N=C(N)S2)cc1. The topological polar surface area (TPSA) is 93.8 Å². The van der Waals surface area contributed by atoms with Crippen LogP contribution < -0.4 is 15.8 Å². The van der Waals surface area contributed by atoms with Crippen LogP contribution in [0.5, 0.6) is 5.75 Å². The molecule has 3 N–H and O–H groups in total. The molecule has 0 saturated heterocycles. The number of carbonyl (C=O) groups excluding carboxylic acids is 2. The Morgan fingerprint density at radius 3 is 2.80 bits per heavy atom. The Bertz CT molecular complexity index is 542. The minimum Gasteiger partial charge on any atom is -0.494 e. The van der Waals surface area contributed by atoms with E-state index >= 15 is 0 Å². The van der Waals surface area contributed by atoms with Crippen molar-refractivity contribution in [3.05, 3.63) is 24.3 Å². The molecule has 0 aromatic heterocycles. The number of thioether (sulfide) groups is 1. The van der Waals surface area contributed by atoms with Gasteiger partial charge in [0.25, 0.3) is 0 Å². The molecule has 0 spiro atoms. The van der Waals surface area contributed by atoms with Crippen molar-refractivity contribution in [3.8, 4) is 5.75 Å². The van der Waals surface area contributed by atoms with Gasteiger partial charge in [0.1, 0.15) is 11.0 Å². The van der Waals surface area contributed by atoms with E-state index in [2.05, 4.69) is 10.3 Å². The number of nitrogens with zero attached hydrogens (tertiary/aromatic N) is 1. The van der Waals surface area contributed by atoms with E-state index in [1.807, 2.05) is 6.92 Å². The standard InChI is InChI=1S/C13H15N3O3S/c1-2-19-9-5-3-8(4-6-9)15-12(18)10-7-11(17)16-13(14)20-10/h3-6,10H,2,7H2,1H3,(H,15,18)(H2,14,16,17)/t10-/m0/s1. The summed E-state index contributed by atoms with van der Waals surface area (Å²) in [4.78, 5) is 26.9. The van der Waals surface area contributed by atoms with Gasteiger partial charge in [0.05, 0.1) is 13.0 Å². The monoisotopic (exact) mass is 293 g/mol. The number of hydrogen-bond donors (Lipinski definition) is 2. The number of ether oxygens (including phenoxy) is 1. The first-order valence-corrected chi connectivity index (χ1v) is 7.04. The van der Waals surface area contributed by atoms with Crippen LogP contribution in [0.25, 0.3) is 0 Å². The third-order valence-corrected chi connectivity index (χ3v) is 3.58. The van der Waals surface area contributed by atoms with Crippen LogP contribution in [0.4, 0.5) is 5.69 Å². The van der Waals surface area contributed by atoms with Crippen molar-refractivity contribution in [1.29, 1.82) is 0 Å². The molecule has 0 aliphatic carbocycles. The van der Waals surface area contributed by atoms with Crippen molar-refractivity contribution in [2.45, 2.75) is 18.6 Å². The number of amidine groups is 1. The number of anilines is 1. The summed E-state index contributed by atoms with van der Waals surface area (Å²) in [5.41, 5.74) is 6.14. The predicted octanol–water partition coefficient (Wildman–Crippen LogP) is 1.37. The largest absolute Gasteiger partial charge is 0.494 e. The molecule has 2 rings (SSSR count). The number of rotatable bonds is 4. The summed E-state index contributed by atoms with van der Waals surface area (Å²) >= 11 is 1.10. The molecule has 1 atom stereocenters. The number of hydrogen-bond acceptors (Lipinski definition) is 5. The molecule has 1 aliphatic rings. The summed E-state index contributed by atoms with van der Waals surface area (Å²) in [5.74, 6) is 0.113. The highest BCUT2D eigenvalue weighted by atomic mass is 32.2. The molecule has 0 unspecified atom stereocenters. The minimum atomic E-state index is -0.536. The van der Waals surface area contributed by atoms with E-state index in [-0.39, 0.29) is 23.4 Å². The molecule has 20 heavy (non-hydrogen) atoms. The van der Waals surface area contributed by atoms with Gasteiger partial charge in [-0.3, -0.25) is 9.59 Å². The molecule has 1 aromatic carbocycles. The third-order valence-electron chi connectivity index (χ3n) is 2.58. The molecule has 1 aromatic rings. The van der Waals surface area contributed by atoms with Gasteiger partial charge >= 0.3 is 0 Å². The van der Waals surface area contributed by atoms with E-state index in [9.17, 15) is 9.59 Å². The Morgan fingerprint density at radius 1 is 1.50 bits per heavy atom. The smallest absolute Gasteiger partial charge is 0.249 e. The van der Waals surface area contributed by atoms with Gasteiger partial charge in [-0.15, -0.1) is 0 Å². The molecule has 0 fully saturated rings. The fraction of sp³-hybridized carbons (Fsp3) is 0.308. The van der Waals surface area contributed by atoms with Gasteiger partial charge in [0.2, 0.25) is 11.8 Å². The van der Waals surface area contributed by atoms with E-state index in [1.165, 1.54) is 0 Å². The second-order valence-electron chi connectivity index (χ2n) is 4.10. The molecule has 2 amide bonds. The zero-order chi connectivity index (χ0) is 14.5. The quantitative estimate of drug-likeness (QED) is 0.874. The number of amides is 2. The zero-order valence-corrected chi connectivity index (χ0v) is 11.8. The molecule has 7 heteroatoms. The Kier molecular flexibility index (Phi) is 4.62. The van der Waals surface area contributed by atoms with Crippen LogP contribution in [0, 0.1) is 0 Å². The number of nitrogens with two attached hydrogens (primary N) is 1. The van der Waals surface area contributed by atoms with E-state index < -0.39 is 5.25 Å². The highest BCUT2D eigenvalue weighted by Crippen LogP contribution is 2.23. The van der Waals surface area contributed by atoms with Crippen molar-refractivity contribution in [1.82, 2.24) is 0 Å². The second-order valence-corrected chi connectivity index (χ2v) is 5.32. The summed E-state index contributed by atoms with van der Waals surface area (Å²) in [6, 6.07) is 7.04. The first-order valence-electron chi connectivity index (χ1n) is 6.16. The van der Waals surface area contributed by atoms with Crippen molar-refractivity contribution in [2.24, 2.45) is 10.7 Å². The Morgan fingerprint density at radius 2 is 2.20 bits per heavy atom. The van der Waals surface area contributed by atoms with Gasteiger partial charge in [-0.2, -0.15) is 4.99 Å². The average Bonchev–Trinajstić information content (AvgIpc) is 2.40. The summed E-state index contributed by atoms with van der Waals surface area (Å²) in [7, 11) is 0. The van der Waals surface area contributed by atoms with Crippen LogP contribution in [-0.2, 0) is 9.59 Å². The van der Waals surface area contributed by atoms with Crippen molar-refractivity contribution in [2.75, 3.05) is 11.9 Å². The normalized spacial score (nSPS) is 18.4. The van der Waals surface area contributed by atoms with Gasteiger partial charge in [0, 0.05) is 5.69 Å². The van der Waals surface area contributed by atoms with Crippen LogP contribution in [-0.4, -0.2) is 28.8 Å². The summed E-state index contributed by atoms with van der Waals surface area (Å²) < 4.78 is 5.32. The van der Waals surface area contributed by atoms with Crippen LogP contribution in [0.3, 0.4) is 0 Å². The molecule has 1 heterocycles. The maximum atomic E-state index is 12.0. The van der Waals surface area contributed by atoms with Crippen molar-refractivity contribution >= 4 is 34.4 Å². The summed E-state index contributed by atoms with van der Waals surface area (Å²) in [6.45, 7) is 2.49. The maximum absolute atomic E-state index is 12.0. The molecule has 1 aliphatic heterocycles. The predicted molar refractivity (Wildman–Crippen MR) is 78.9 cm³/mol. The molecule has 0 saturated carbocycles. The number of carbonyl (C=O) groups is 2. The number of nitrogens with one attached hydrogen (secondary N) is 1. The van der Waals surface area contributed by atoms with Gasteiger partial charge in [-0.1, -0.05) is 11.8 Å². The molecule has 106 valence electrons. The first-order chi connectivity index (χ1) is 9.58. The maximum Gasteiger partial charge on any atom is 0.249 e. The first kappa shape index (κ1) is 14.4. The Hall–Kier alpha value is -2.02. The molecular formula is C13H15N3O3S. The van der Waals surface area contributed by atoms with Gasteiger partial charge in [-0.25, -0.2) is 0 Å². The summed E-state index contributed by atoms with van der Waals surface area (Å²) in [6.07, 6.45) is 0.0637. The average molecular weight is 293 g/mol. The fourth-order valence-electron chi connectivity index (χ4n) is 1.71. The van der Waals surface area contributed by atoms with Gasteiger partial charge < -0.3 is 15.8 Å². The Balaban J connectivity index is 1.97. The van der Waals surface area contributed by atoms with Gasteiger partial charge in [0.15, 0.2) is 5.17 Å². The molecule has 0 bridgehead atoms. The lowest BCUT2D eigenvalue weighted by atomic mass is 10.2. The van der Waals surface area contributed by atoms with Crippen LogP contribution in [0.15, 0.2) is 29.3 Å². The van der Waals surface area contributed by atoms with Crippen LogP contribution in [0.1, 0.15) is 13.3 Å². The summed E-state index contributed by atoms with van der Waals surface area (Å²) in [5, 5.41) is 2.34. The fourth-order valence-corrected chi connectivity index (χ4v) is 2.55. The Labute approximate surface area is 120 Å². The zero-order valence-electron chi connectivity index (χ0n) is 11.0. The van der Waals surface area contributed by atoms with E-state index in [4.69, 9.17) is 10.5 Å². The van der Waals surface area contributed by atoms with Crippen molar-refractivity contribution < 1.29 is 14.3 Å². The van der Waals surface area contributed by atoms with E-state index in [0.29, 0.717) is 12.3 Å².